The van der Waals surface area contributed by atoms with Gasteiger partial charge < -0.3 is 20.4 Å². The van der Waals surface area contributed by atoms with Crippen molar-refractivity contribution in [2.24, 2.45) is 0 Å². The average molecular weight is 353 g/mol. The van der Waals surface area contributed by atoms with Crippen LogP contribution in [0.25, 0.3) is 0 Å². The van der Waals surface area contributed by atoms with Gasteiger partial charge in [0, 0.05) is 45.5 Å². The molecule has 0 aliphatic carbocycles. The molecule has 6 heteroatoms. The summed E-state index contributed by atoms with van der Waals surface area (Å²) < 4.78 is 0. The molecule has 0 saturated carbocycles. The molecule has 0 spiro atoms. The molecular formula is C20H27N5O. The van der Waals surface area contributed by atoms with Gasteiger partial charge in [-0.2, -0.15) is 0 Å². The lowest BCUT2D eigenvalue weighted by Gasteiger charge is -2.33. The maximum Gasteiger partial charge on any atom is 0.315 e. The van der Waals surface area contributed by atoms with Crippen molar-refractivity contribution in [1.82, 2.24) is 20.5 Å². The second kappa shape index (κ2) is 8.67. The quantitative estimate of drug-likeness (QED) is 0.865. The fraction of sp³-hybridized carbons (Fsp3) is 0.400. The topological polar surface area (TPSA) is 60.5 Å². The molecule has 0 bridgehead atoms. The molecule has 1 aliphatic rings. The van der Waals surface area contributed by atoms with E-state index >= 15 is 0 Å². The zero-order valence-corrected chi connectivity index (χ0v) is 15.5. The van der Waals surface area contributed by atoms with E-state index in [0.717, 1.165) is 43.1 Å². The Bertz CT molecular complexity index is 740. The average Bonchev–Trinajstić information content (AvgIpc) is 2.66. The van der Waals surface area contributed by atoms with E-state index in [2.05, 4.69) is 44.6 Å². The number of urea groups is 1. The maximum atomic E-state index is 12.0. The third-order valence-corrected chi connectivity index (χ3v) is 4.63. The van der Waals surface area contributed by atoms with Gasteiger partial charge in [-0.3, -0.25) is 0 Å². The predicted molar refractivity (Wildman–Crippen MR) is 104 cm³/mol. The number of carbonyl (C=O) groups is 1. The number of carbonyl (C=O) groups excluding carboxylic acids is 1. The molecule has 2 heterocycles. The lowest BCUT2D eigenvalue weighted by Crippen LogP contribution is -2.44. The Hall–Kier alpha value is -2.60. The van der Waals surface area contributed by atoms with Crippen LogP contribution in [0.15, 0.2) is 42.6 Å². The van der Waals surface area contributed by atoms with Crippen molar-refractivity contribution < 1.29 is 4.79 Å². The largest absolute Gasteiger partial charge is 0.354 e. The number of nitrogens with one attached hydrogen (secondary N) is 2. The fourth-order valence-corrected chi connectivity index (χ4v) is 3.03. The second-order valence-corrected chi connectivity index (χ2v) is 6.84. The smallest absolute Gasteiger partial charge is 0.315 e. The van der Waals surface area contributed by atoms with Crippen molar-refractivity contribution in [2.75, 3.05) is 38.1 Å². The molecule has 2 N–H and O–H groups in total. The first-order valence-electron chi connectivity index (χ1n) is 9.06. The van der Waals surface area contributed by atoms with Crippen LogP contribution < -0.4 is 15.5 Å². The molecule has 1 saturated heterocycles. The van der Waals surface area contributed by atoms with Gasteiger partial charge >= 0.3 is 6.03 Å². The summed E-state index contributed by atoms with van der Waals surface area (Å²) in [5, 5.41) is 5.81. The molecule has 3 rings (SSSR count). The van der Waals surface area contributed by atoms with Crippen molar-refractivity contribution in [3.05, 3.63) is 59.3 Å². The SMILES string of the molecule is Cc1cccc(CNC(=O)NCc2ccnc(N3CCN(C)CC3)c2)c1. The number of likely N-dealkylation sites (N-methyl/N-ethyl adjacent to an activating group) is 1. The number of anilines is 1. The monoisotopic (exact) mass is 353 g/mol. The van der Waals surface area contributed by atoms with Crippen molar-refractivity contribution >= 4 is 11.8 Å². The highest BCUT2D eigenvalue weighted by Crippen LogP contribution is 2.14. The van der Waals surface area contributed by atoms with Crippen LogP contribution in [0.4, 0.5) is 10.6 Å². The molecule has 1 aliphatic heterocycles. The van der Waals surface area contributed by atoms with Crippen LogP contribution in [-0.4, -0.2) is 49.1 Å². The zero-order chi connectivity index (χ0) is 18.4. The molecule has 6 nitrogen and oxygen atoms in total. The van der Waals surface area contributed by atoms with Crippen LogP contribution in [0.1, 0.15) is 16.7 Å². The molecule has 0 unspecified atom stereocenters. The number of hydrogen-bond acceptors (Lipinski definition) is 4. The molecule has 1 aromatic heterocycles. The van der Waals surface area contributed by atoms with Crippen LogP contribution in [-0.2, 0) is 13.1 Å². The van der Waals surface area contributed by atoms with E-state index in [0.29, 0.717) is 13.1 Å². The number of aryl methyl sites for hydroxylation is 1. The minimum absolute atomic E-state index is 0.163. The van der Waals surface area contributed by atoms with Gasteiger partial charge in [0.2, 0.25) is 0 Å². The van der Waals surface area contributed by atoms with Gasteiger partial charge in [0.15, 0.2) is 0 Å². The van der Waals surface area contributed by atoms with Gasteiger partial charge in [-0.05, 0) is 37.2 Å². The summed E-state index contributed by atoms with van der Waals surface area (Å²) in [4.78, 5) is 21.1. The molecule has 2 aromatic rings. The molecule has 1 aromatic carbocycles. The van der Waals surface area contributed by atoms with Crippen molar-refractivity contribution in [3.8, 4) is 0 Å². The van der Waals surface area contributed by atoms with Crippen molar-refractivity contribution in [2.45, 2.75) is 20.0 Å². The van der Waals surface area contributed by atoms with Crippen LogP contribution in [0, 0.1) is 6.92 Å². The first-order valence-corrected chi connectivity index (χ1v) is 9.06. The van der Waals surface area contributed by atoms with Crippen LogP contribution >= 0.6 is 0 Å². The third-order valence-electron chi connectivity index (χ3n) is 4.63. The minimum atomic E-state index is -0.163. The molecular weight excluding hydrogens is 326 g/mol. The number of benzene rings is 1. The van der Waals surface area contributed by atoms with E-state index in [9.17, 15) is 4.79 Å². The lowest BCUT2D eigenvalue weighted by atomic mass is 10.1. The number of aromatic nitrogens is 1. The Morgan fingerprint density at radius 2 is 1.73 bits per heavy atom. The van der Waals surface area contributed by atoms with E-state index in [1.165, 1.54) is 5.56 Å². The Labute approximate surface area is 155 Å². The number of piperazine rings is 1. The van der Waals surface area contributed by atoms with Gasteiger partial charge in [0.1, 0.15) is 5.82 Å². The Balaban J connectivity index is 1.48. The van der Waals surface area contributed by atoms with Crippen LogP contribution in [0.5, 0.6) is 0 Å². The molecule has 0 radical (unpaired) electrons. The van der Waals surface area contributed by atoms with Crippen molar-refractivity contribution in [3.63, 3.8) is 0 Å². The highest BCUT2D eigenvalue weighted by Gasteiger charge is 2.15. The van der Waals surface area contributed by atoms with Gasteiger partial charge in [0.05, 0.1) is 0 Å². The highest BCUT2D eigenvalue weighted by atomic mass is 16.2. The van der Waals surface area contributed by atoms with Crippen LogP contribution in [0.2, 0.25) is 0 Å². The first kappa shape index (κ1) is 18.2. The summed E-state index contributed by atoms with van der Waals surface area (Å²) >= 11 is 0. The number of rotatable bonds is 5. The van der Waals surface area contributed by atoms with Gasteiger partial charge in [-0.15, -0.1) is 0 Å². The summed E-state index contributed by atoms with van der Waals surface area (Å²) in [7, 11) is 2.14. The number of amides is 2. The summed E-state index contributed by atoms with van der Waals surface area (Å²) in [6.45, 7) is 7.12. The van der Waals surface area contributed by atoms with Crippen LogP contribution in [0.3, 0.4) is 0 Å². The number of hydrogen-bond donors (Lipinski definition) is 2. The second-order valence-electron chi connectivity index (χ2n) is 6.84. The standard InChI is InChI=1S/C20H27N5O/c1-16-4-3-5-17(12-16)14-22-20(26)23-15-18-6-7-21-19(13-18)25-10-8-24(2)9-11-25/h3-7,12-13H,8-11,14-15H2,1-2H3,(H2,22,23,26). The summed E-state index contributed by atoms with van der Waals surface area (Å²) in [6.07, 6.45) is 1.81. The highest BCUT2D eigenvalue weighted by molar-refractivity contribution is 5.73. The predicted octanol–water partition coefficient (Wildman–Crippen LogP) is 2.14. The minimum Gasteiger partial charge on any atom is -0.354 e. The van der Waals surface area contributed by atoms with E-state index in [1.807, 2.05) is 37.4 Å². The first-order chi connectivity index (χ1) is 12.6. The van der Waals surface area contributed by atoms with E-state index < -0.39 is 0 Å². The Morgan fingerprint density at radius 1 is 1.04 bits per heavy atom. The normalized spacial score (nSPS) is 14.9. The number of nitrogens with zero attached hydrogens (tertiary/aromatic N) is 3. The van der Waals surface area contributed by atoms with Gasteiger partial charge in [0.25, 0.3) is 0 Å². The Morgan fingerprint density at radius 3 is 2.42 bits per heavy atom. The fourth-order valence-electron chi connectivity index (χ4n) is 3.03. The molecule has 2 amide bonds. The maximum absolute atomic E-state index is 12.0. The third kappa shape index (κ3) is 5.20. The van der Waals surface area contributed by atoms with Gasteiger partial charge in [-0.25, -0.2) is 9.78 Å². The lowest BCUT2D eigenvalue weighted by molar-refractivity contribution is 0.240. The summed E-state index contributed by atoms with van der Waals surface area (Å²) in [5.74, 6) is 0.984. The molecule has 26 heavy (non-hydrogen) atoms. The van der Waals surface area contributed by atoms with E-state index in [-0.39, 0.29) is 6.03 Å². The Kier molecular flexibility index (Phi) is 6.07. The van der Waals surface area contributed by atoms with E-state index in [4.69, 9.17) is 0 Å². The van der Waals surface area contributed by atoms with E-state index in [1.54, 1.807) is 0 Å². The van der Waals surface area contributed by atoms with Crippen molar-refractivity contribution in [1.29, 1.82) is 0 Å². The summed E-state index contributed by atoms with van der Waals surface area (Å²) in [6, 6.07) is 12.0. The molecule has 1 fully saturated rings. The summed E-state index contributed by atoms with van der Waals surface area (Å²) in [5.41, 5.74) is 3.35. The molecule has 138 valence electrons. The number of pyridine rings is 1. The molecule has 0 atom stereocenters. The zero-order valence-electron chi connectivity index (χ0n) is 15.5. The van der Waals surface area contributed by atoms with Gasteiger partial charge in [-0.1, -0.05) is 29.8 Å².